The number of carbonyl (C=O) groups excluding carboxylic acids is 3. The second kappa shape index (κ2) is 10.9. The summed E-state index contributed by atoms with van der Waals surface area (Å²) in [6.45, 7) is 4.56. The van der Waals surface area contributed by atoms with Gasteiger partial charge < -0.3 is 36.6 Å². The topological polar surface area (TPSA) is 177 Å². The van der Waals surface area contributed by atoms with E-state index in [2.05, 4.69) is 21.3 Å². The number of aliphatic carboxylic acids is 1. The summed E-state index contributed by atoms with van der Waals surface area (Å²) >= 11 is 0. The number of carboxylic acids is 1. The van der Waals surface area contributed by atoms with Crippen molar-refractivity contribution in [2.75, 3.05) is 13.2 Å². The number of rotatable bonds is 10. The van der Waals surface area contributed by atoms with E-state index in [1.54, 1.807) is 13.8 Å². The van der Waals surface area contributed by atoms with Crippen molar-refractivity contribution in [3.63, 3.8) is 0 Å². The van der Waals surface area contributed by atoms with E-state index in [0.29, 0.717) is 6.42 Å². The van der Waals surface area contributed by atoms with Crippen molar-refractivity contribution >= 4 is 23.7 Å². The molecule has 1 heterocycles. The van der Waals surface area contributed by atoms with Gasteiger partial charge in [0.05, 0.1) is 18.8 Å². The molecule has 11 nitrogen and oxygen atoms in total. The largest absolute Gasteiger partial charge is 0.480 e. The van der Waals surface area contributed by atoms with Gasteiger partial charge in [-0.25, -0.2) is 4.79 Å². The van der Waals surface area contributed by atoms with Crippen LogP contribution in [-0.2, 0) is 19.2 Å². The van der Waals surface area contributed by atoms with Crippen LogP contribution < -0.4 is 21.3 Å². The molecule has 1 aliphatic heterocycles. The van der Waals surface area contributed by atoms with Gasteiger partial charge in [0, 0.05) is 0 Å². The molecule has 1 rings (SSSR count). The quantitative estimate of drug-likeness (QED) is 0.206. The number of carboxylic acid groups (broad SMARTS) is 1. The first-order chi connectivity index (χ1) is 13.1. The van der Waals surface area contributed by atoms with Gasteiger partial charge in [-0.05, 0) is 32.2 Å². The standard InChI is InChI=1S/C17H30N4O7/c1-8(2)12(20-14(24)10-5-4-6-18-10)16(26)19-11(7-22)15(25)21-13(9(3)23)17(27)28/h8-13,18,22-23H,4-7H2,1-3H3,(H,19,26)(H,20,24)(H,21,25)(H,27,28). The first-order valence-electron chi connectivity index (χ1n) is 9.24. The molecule has 0 saturated carbocycles. The third kappa shape index (κ3) is 6.73. The second-order valence-corrected chi connectivity index (χ2v) is 7.19. The van der Waals surface area contributed by atoms with Gasteiger partial charge in [-0.1, -0.05) is 13.8 Å². The fourth-order valence-electron chi connectivity index (χ4n) is 2.80. The van der Waals surface area contributed by atoms with E-state index in [0.717, 1.165) is 13.0 Å². The van der Waals surface area contributed by atoms with Crippen LogP contribution in [0.1, 0.15) is 33.6 Å². The summed E-state index contributed by atoms with van der Waals surface area (Å²) in [7, 11) is 0. The predicted molar refractivity (Wildman–Crippen MR) is 98.1 cm³/mol. The monoisotopic (exact) mass is 402 g/mol. The van der Waals surface area contributed by atoms with Gasteiger partial charge >= 0.3 is 5.97 Å². The van der Waals surface area contributed by atoms with Crippen LogP contribution in [0.15, 0.2) is 0 Å². The molecule has 1 aliphatic rings. The van der Waals surface area contributed by atoms with E-state index >= 15 is 0 Å². The lowest BCUT2D eigenvalue weighted by molar-refractivity contribution is -0.145. The number of aliphatic hydroxyl groups excluding tert-OH is 2. The molecule has 0 spiro atoms. The van der Waals surface area contributed by atoms with Crippen molar-refractivity contribution in [2.45, 2.75) is 63.9 Å². The molecule has 28 heavy (non-hydrogen) atoms. The molecule has 0 radical (unpaired) electrons. The van der Waals surface area contributed by atoms with E-state index in [-0.39, 0.29) is 17.9 Å². The molecule has 3 amide bonds. The second-order valence-electron chi connectivity index (χ2n) is 7.19. The molecular formula is C17H30N4O7. The zero-order valence-corrected chi connectivity index (χ0v) is 16.3. The van der Waals surface area contributed by atoms with Crippen LogP contribution in [0.25, 0.3) is 0 Å². The molecular weight excluding hydrogens is 372 g/mol. The van der Waals surface area contributed by atoms with E-state index in [1.165, 1.54) is 6.92 Å². The van der Waals surface area contributed by atoms with Crippen LogP contribution in [0.5, 0.6) is 0 Å². The number of amides is 3. The fraction of sp³-hybridized carbons (Fsp3) is 0.765. The molecule has 0 aliphatic carbocycles. The fourth-order valence-corrected chi connectivity index (χ4v) is 2.80. The molecule has 5 atom stereocenters. The zero-order valence-electron chi connectivity index (χ0n) is 16.3. The Balaban J connectivity index is 2.75. The van der Waals surface area contributed by atoms with Gasteiger partial charge in [0.2, 0.25) is 17.7 Å². The highest BCUT2D eigenvalue weighted by Gasteiger charge is 2.33. The van der Waals surface area contributed by atoms with Crippen molar-refractivity contribution in [1.29, 1.82) is 0 Å². The summed E-state index contributed by atoms with van der Waals surface area (Å²) in [6.07, 6.45) is 0.144. The van der Waals surface area contributed by atoms with Gasteiger partial charge in [0.1, 0.15) is 12.1 Å². The van der Waals surface area contributed by atoms with Crippen molar-refractivity contribution in [3.05, 3.63) is 0 Å². The summed E-state index contributed by atoms with van der Waals surface area (Å²) in [6, 6.07) is -4.35. The van der Waals surface area contributed by atoms with Gasteiger partial charge in [0.25, 0.3) is 0 Å². The lowest BCUT2D eigenvalue weighted by Crippen LogP contribution is -2.60. The maximum atomic E-state index is 12.6. The highest BCUT2D eigenvalue weighted by molar-refractivity contribution is 5.94. The average Bonchev–Trinajstić information content (AvgIpc) is 3.15. The molecule has 1 saturated heterocycles. The number of carbonyl (C=O) groups is 4. The molecule has 11 heteroatoms. The highest BCUT2D eigenvalue weighted by Crippen LogP contribution is 2.08. The Labute approximate surface area is 163 Å². The first kappa shape index (κ1) is 23.8. The molecule has 0 aromatic heterocycles. The van der Waals surface area contributed by atoms with Crippen molar-refractivity contribution in [3.8, 4) is 0 Å². The zero-order chi connectivity index (χ0) is 21.4. The van der Waals surface area contributed by atoms with Crippen molar-refractivity contribution in [2.24, 2.45) is 5.92 Å². The van der Waals surface area contributed by atoms with E-state index in [1.807, 2.05) is 0 Å². The lowest BCUT2D eigenvalue weighted by atomic mass is 10.0. The van der Waals surface area contributed by atoms with E-state index in [4.69, 9.17) is 5.11 Å². The molecule has 5 unspecified atom stereocenters. The molecule has 0 bridgehead atoms. The summed E-state index contributed by atoms with van der Waals surface area (Å²) in [5.74, 6) is -3.72. The average molecular weight is 402 g/mol. The summed E-state index contributed by atoms with van der Waals surface area (Å²) < 4.78 is 0. The summed E-state index contributed by atoms with van der Waals surface area (Å²) in [5.41, 5.74) is 0. The van der Waals surface area contributed by atoms with Crippen LogP contribution in [-0.4, -0.2) is 82.4 Å². The van der Waals surface area contributed by atoms with Crippen molar-refractivity contribution in [1.82, 2.24) is 21.3 Å². The lowest BCUT2D eigenvalue weighted by Gasteiger charge is -2.26. The van der Waals surface area contributed by atoms with Crippen LogP contribution >= 0.6 is 0 Å². The number of nitrogens with one attached hydrogen (secondary N) is 4. The Bertz CT molecular complexity index is 576. The Hall–Kier alpha value is -2.24. The smallest absolute Gasteiger partial charge is 0.328 e. The Morgan fingerprint density at radius 1 is 1.04 bits per heavy atom. The number of aliphatic hydroxyl groups is 2. The van der Waals surface area contributed by atoms with Crippen LogP contribution in [0.3, 0.4) is 0 Å². The van der Waals surface area contributed by atoms with Gasteiger partial charge in [-0.2, -0.15) is 0 Å². The molecule has 1 fully saturated rings. The van der Waals surface area contributed by atoms with Gasteiger partial charge in [-0.15, -0.1) is 0 Å². The number of hydrogen-bond acceptors (Lipinski definition) is 7. The molecule has 160 valence electrons. The van der Waals surface area contributed by atoms with Gasteiger partial charge in [-0.3, -0.25) is 14.4 Å². The predicted octanol–water partition coefficient (Wildman–Crippen LogP) is -2.69. The Morgan fingerprint density at radius 3 is 2.11 bits per heavy atom. The molecule has 7 N–H and O–H groups in total. The van der Waals surface area contributed by atoms with Crippen molar-refractivity contribution < 1.29 is 34.5 Å². The Morgan fingerprint density at radius 2 is 1.68 bits per heavy atom. The third-order valence-corrected chi connectivity index (χ3v) is 4.49. The minimum Gasteiger partial charge on any atom is -0.480 e. The normalized spacial score (nSPS) is 20.7. The summed E-state index contributed by atoms with van der Waals surface area (Å²) in [5, 5.41) is 37.9. The highest BCUT2D eigenvalue weighted by atomic mass is 16.4. The van der Waals surface area contributed by atoms with E-state index < -0.39 is 48.6 Å². The van der Waals surface area contributed by atoms with Gasteiger partial charge in [0.15, 0.2) is 6.04 Å². The minimum atomic E-state index is -1.59. The third-order valence-electron chi connectivity index (χ3n) is 4.49. The minimum absolute atomic E-state index is 0.294. The molecule has 0 aromatic carbocycles. The SMILES string of the molecule is CC(C)C(NC(=O)C1CCCN1)C(=O)NC(CO)C(=O)NC(C(=O)O)C(C)O. The maximum Gasteiger partial charge on any atom is 0.328 e. The number of hydrogen-bond donors (Lipinski definition) is 7. The summed E-state index contributed by atoms with van der Waals surface area (Å²) in [4.78, 5) is 48.1. The maximum absolute atomic E-state index is 12.6. The molecule has 0 aromatic rings. The van der Waals surface area contributed by atoms with Crippen LogP contribution in [0.2, 0.25) is 0 Å². The van der Waals surface area contributed by atoms with E-state index in [9.17, 15) is 29.4 Å². The van der Waals surface area contributed by atoms with Crippen LogP contribution in [0, 0.1) is 5.92 Å². The van der Waals surface area contributed by atoms with Crippen LogP contribution in [0.4, 0.5) is 0 Å². The first-order valence-corrected chi connectivity index (χ1v) is 9.24. The Kier molecular flexibility index (Phi) is 9.29.